The molecule has 1 amide bonds. The van der Waals surface area contributed by atoms with Crippen molar-refractivity contribution in [1.82, 2.24) is 9.97 Å². The minimum Gasteiger partial charge on any atom is -0.466 e. The first-order chi connectivity index (χ1) is 12.5. The van der Waals surface area contributed by atoms with E-state index in [1.54, 1.807) is 25.3 Å². The Kier molecular flexibility index (Phi) is 5.22. The molecule has 0 aliphatic carbocycles. The SMILES string of the molecule is CCOC(=O)Cc1csc(NC(=O)c2cc(C)nc3ccc(F)cc23)n1. The number of fused-ring (bicyclic) bond motifs is 1. The molecule has 0 saturated carbocycles. The normalized spacial score (nSPS) is 10.7. The van der Waals surface area contributed by atoms with Gasteiger partial charge in [-0.15, -0.1) is 11.3 Å². The minimum absolute atomic E-state index is 0.0444. The van der Waals surface area contributed by atoms with Gasteiger partial charge in [0.1, 0.15) is 5.82 Å². The van der Waals surface area contributed by atoms with Crippen LogP contribution in [0.2, 0.25) is 0 Å². The summed E-state index contributed by atoms with van der Waals surface area (Å²) in [5.74, 6) is -1.23. The molecule has 0 fully saturated rings. The molecule has 0 radical (unpaired) electrons. The highest BCUT2D eigenvalue weighted by molar-refractivity contribution is 7.14. The van der Waals surface area contributed by atoms with Crippen LogP contribution in [0.1, 0.15) is 28.7 Å². The van der Waals surface area contributed by atoms with Crippen LogP contribution >= 0.6 is 11.3 Å². The van der Waals surface area contributed by atoms with Crippen LogP contribution < -0.4 is 5.32 Å². The Hall–Kier alpha value is -2.87. The third-order valence-corrected chi connectivity index (χ3v) is 4.35. The summed E-state index contributed by atoms with van der Waals surface area (Å²) >= 11 is 1.20. The molecule has 1 aromatic carbocycles. The Morgan fingerprint density at radius 2 is 2.08 bits per heavy atom. The maximum absolute atomic E-state index is 13.6. The first kappa shape index (κ1) is 17.9. The van der Waals surface area contributed by atoms with Crippen molar-refractivity contribution in [1.29, 1.82) is 0 Å². The number of hydrogen-bond acceptors (Lipinski definition) is 6. The highest BCUT2D eigenvalue weighted by Gasteiger charge is 2.15. The van der Waals surface area contributed by atoms with Crippen molar-refractivity contribution in [3.8, 4) is 0 Å². The third-order valence-electron chi connectivity index (χ3n) is 3.55. The van der Waals surface area contributed by atoms with E-state index < -0.39 is 11.7 Å². The molecule has 0 aliphatic heterocycles. The number of carbonyl (C=O) groups excluding carboxylic acids is 2. The number of thiazole rings is 1. The molecule has 0 unspecified atom stereocenters. The summed E-state index contributed by atoms with van der Waals surface area (Å²) in [6.45, 7) is 3.80. The van der Waals surface area contributed by atoms with Crippen molar-refractivity contribution in [3.05, 3.63) is 52.4 Å². The highest BCUT2D eigenvalue weighted by atomic mass is 32.1. The molecule has 3 aromatic rings. The first-order valence-corrected chi connectivity index (χ1v) is 8.82. The van der Waals surface area contributed by atoms with E-state index in [1.165, 1.54) is 29.5 Å². The van der Waals surface area contributed by atoms with Gasteiger partial charge in [-0.05, 0) is 38.1 Å². The number of pyridine rings is 1. The maximum atomic E-state index is 13.6. The lowest BCUT2D eigenvalue weighted by Gasteiger charge is -2.07. The molecule has 1 N–H and O–H groups in total. The van der Waals surface area contributed by atoms with E-state index in [2.05, 4.69) is 15.3 Å². The van der Waals surface area contributed by atoms with E-state index >= 15 is 0 Å². The van der Waals surface area contributed by atoms with Crippen molar-refractivity contribution >= 4 is 39.2 Å². The maximum Gasteiger partial charge on any atom is 0.311 e. The van der Waals surface area contributed by atoms with Gasteiger partial charge in [-0.3, -0.25) is 19.9 Å². The summed E-state index contributed by atoms with van der Waals surface area (Å²) in [6, 6.07) is 5.73. The Bertz CT molecular complexity index is 987. The van der Waals surface area contributed by atoms with E-state index in [-0.39, 0.29) is 12.4 Å². The fourth-order valence-electron chi connectivity index (χ4n) is 2.49. The number of benzene rings is 1. The lowest BCUT2D eigenvalue weighted by molar-refractivity contribution is -0.142. The van der Waals surface area contributed by atoms with Crippen molar-refractivity contribution < 1.29 is 18.7 Å². The fraction of sp³-hybridized carbons (Fsp3) is 0.222. The molecule has 0 bridgehead atoms. The first-order valence-electron chi connectivity index (χ1n) is 7.94. The predicted molar refractivity (Wildman–Crippen MR) is 96.8 cm³/mol. The van der Waals surface area contributed by atoms with Gasteiger partial charge in [0.25, 0.3) is 5.91 Å². The topological polar surface area (TPSA) is 81.2 Å². The van der Waals surface area contributed by atoms with Crippen LogP contribution in [0.25, 0.3) is 10.9 Å². The van der Waals surface area contributed by atoms with Crippen LogP contribution in [0.3, 0.4) is 0 Å². The quantitative estimate of drug-likeness (QED) is 0.693. The van der Waals surface area contributed by atoms with Crippen LogP contribution in [0.5, 0.6) is 0 Å². The van der Waals surface area contributed by atoms with Crippen LogP contribution in [0.15, 0.2) is 29.6 Å². The molecule has 3 rings (SSSR count). The van der Waals surface area contributed by atoms with Crippen LogP contribution in [0.4, 0.5) is 9.52 Å². The molecular formula is C18H16FN3O3S. The molecule has 0 spiro atoms. The summed E-state index contributed by atoms with van der Waals surface area (Å²) in [5.41, 5.74) is 2.02. The van der Waals surface area contributed by atoms with E-state index in [1.807, 2.05) is 0 Å². The zero-order valence-electron chi connectivity index (χ0n) is 14.2. The Morgan fingerprint density at radius 1 is 1.27 bits per heavy atom. The summed E-state index contributed by atoms with van der Waals surface area (Å²) in [6.07, 6.45) is 0.0444. The van der Waals surface area contributed by atoms with E-state index in [0.717, 1.165) is 0 Å². The number of esters is 1. The van der Waals surface area contributed by atoms with Gasteiger partial charge in [0.05, 0.1) is 29.8 Å². The summed E-state index contributed by atoms with van der Waals surface area (Å²) in [5, 5.41) is 5.15. The number of nitrogens with zero attached hydrogens (tertiary/aromatic N) is 2. The fourth-order valence-corrected chi connectivity index (χ4v) is 3.19. The number of carbonyl (C=O) groups is 2. The minimum atomic E-state index is -0.442. The van der Waals surface area contributed by atoms with Crippen molar-refractivity contribution in [3.63, 3.8) is 0 Å². The highest BCUT2D eigenvalue weighted by Crippen LogP contribution is 2.22. The number of ether oxygens (including phenoxy) is 1. The number of aromatic nitrogens is 2. The summed E-state index contributed by atoms with van der Waals surface area (Å²) < 4.78 is 18.5. The lowest BCUT2D eigenvalue weighted by Crippen LogP contribution is -2.13. The number of anilines is 1. The molecular weight excluding hydrogens is 357 g/mol. The average molecular weight is 373 g/mol. The number of hydrogen-bond donors (Lipinski definition) is 1. The second kappa shape index (κ2) is 7.57. The Morgan fingerprint density at radius 3 is 2.85 bits per heavy atom. The van der Waals surface area contributed by atoms with E-state index in [4.69, 9.17) is 4.74 Å². The number of aryl methyl sites for hydroxylation is 1. The third kappa shape index (κ3) is 4.02. The van der Waals surface area contributed by atoms with Gasteiger partial charge in [0.2, 0.25) is 0 Å². The summed E-state index contributed by atoms with van der Waals surface area (Å²) in [7, 11) is 0. The van der Waals surface area contributed by atoms with E-state index in [0.29, 0.717) is 39.6 Å². The van der Waals surface area contributed by atoms with Gasteiger partial charge in [0.15, 0.2) is 5.13 Å². The zero-order chi connectivity index (χ0) is 18.7. The van der Waals surface area contributed by atoms with Gasteiger partial charge in [-0.1, -0.05) is 0 Å². The largest absolute Gasteiger partial charge is 0.466 e. The Labute approximate surface area is 153 Å². The van der Waals surface area contributed by atoms with Crippen molar-refractivity contribution in [2.24, 2.45) is 0 Å². The van der Waals surface area contributed by atoms with Gasteiger partial charge in [-0.25, -0.2) is 9.37 Å². The molecule has 134 valence electrons. The number of rotatable bonds is 5. The average Bonchev–Trinajstić information content (AvgIpc) is 3.01. The van der Waals surface area contributed by atoms with Crippen molar-refractivity contribution in [2.45, 2.75) is 20.3 Å². The molecule has 2 aromatic heterocycles. The van der Waals surface area contributed by atoms with Gasteiger partial charge < -0.3 is 4.74 Å². The van der Waals surface area contributed by atoms with Crippen LogP contribution in [-0.2, 0) is 16.0 Å². The van der Waals surface area contributed by atoms with Gasteiger partial charge >= 0.3 is 5.97 Å². The van der Waals surface area contributed by atoms with Crippen LogP contribution in [0, 0.1) is 12.7 Å². The number of halogens is 1. The zero-order valence-corrected chi connectivity index (χ0v) is 15.0. The van der Waals surface area contributed by atoms with Gasteiger partial charge in [0, 0.05) is 16.5 Å². The molecule has 8 heteroatoms. The molecule has 0 aliphatic rings. The standard InChI is InChI=1S/C18H16FN3O3S/c1-3-25-16(23)8-12-9-26-18(21-12)22-17(24)14-6-10(2)20-15-5-4-11(19)7-13(14)15/h4-7,9H,3,8H2,1-2H3,(H,21,22,24). The second-order valence-electron chi connectivity index (χ2n) is 5.55. The monoisotopic (exact) mass is 373 g/mol. The second-order valence-corrected chi connectivity index (χ2v) is 6.41. The van der Waals surface area contributed by atoms with Gasteiger partial charge in [-0.2, -0.15) is 0 Å². The molecule has 0 saturated heterocycles. The molecule has 2 heterocycles. The number of amides is 1. The molecule has 6 nitrogen and oxygen atoms in total. The smallest absolute Gasteiger partial charge is 0.311 e. The summed E-state index contributed by atoms with van der Waals surface area (Å²) in [4.78, 5) is 32.7. The molecule has 0 atom stereocenters. The Balaban J connectivity index is 1.83. The van der Waals surface area contributed by atoms with E-state index in [9.17, 15) is 14.0 Å². The molecule has 26 heavy (non-hydrogen) atoms. The van der Waals surface area contributed by atoms with Crippen LogP contribution in [-0.4, -0.2) is 28.5 Å². The van der Waals surface area contributed by atoms with Crippen molar-refractivity contribution in [2.75, 3.05) is 11.9 Å². The predicted octanol–water partition coefficient (Wildman–Crippen LogP) is 3.50. The number of nitrogens with one attached hydrogen (secondary N) is 1. The lowest BCUT2D eigenvalue weighted by atomic mass is 10.1.